The van der Waals surface area contributed by atoms with Gasteiger partial charge in [-0.25, -0.2) is 0 Å². The smallest absolute Gasteiger partial charge is 0.00816 e. The fraction of sp³-hybridized carbons (Fsp3) is 1.00. The Morgan fingerprint density at radius 1 is 1.43 bits per heavy atom. The van der Waals surface area contributed by atoms with E-state index >= 15 is 0 Å². The summed E-state index contributed by atoms with van der Waals surface area (Å²) in [5, 5.41) is 3.69. The third-order valence-electron chi connectivity index (χ3n) is 3.53. The molecule has 0 amide bonds. The fourth-order valence-corrected chi connectivity index (χ4v) is 2.32. The highest BCUT2D eigenvalue weighted by atomic mass is 15.1. The highest BCUT2D eigenvalue weighted by molar-refractivity contribution is 4.80. The zero-order chi connectivity index (χ0) is 10.6. The van der Waals surface area contributed by atoms with E-state index in [1.807, 2.05) is 0 Å². The van der Waals surface area contributed by atoms with Crippen LogP contribution in [-0.4, -0.2) is 37.1 Å². The van der Waals surface area contributed by atoms with Crippen LogP contribution < -0.4 is 5.32 Å². The topological polar surface area (TPSA) is 15.3 Å². The van der Waals surface area contributed by atoms with Gasteiger partial charge < -0.3 is 10.2 Å². The lowest BCUT2D eigenvalue weighted by molar-refractivity contribution is 0.173. The molecule has 2 nitrogen and oxygen atoms in total. The van der Waals surface area contributed by atoms with E-state index in [4.69, 9.17) is 0 Å². The number of piperidine rings is 1. The number of hydrogen-bond acceptors (Lipinski definition) is 2. The first-order chi connectivity index (χ1) is 6.63. The van der Waals surface area contributed by atoms with Gasteiger partial charge >= 0.3 is 0 Å². The van der Waals surface area contributed by atoms with Crippen molar-refractivity contribution in [3.05, 3.63) is 0 Å². The molecule has 0 saturated carbocycles. The Morgan fingerprint density at radius 2 is 2.14 bits per heavy atom. The first kappa shape index (κ1) is 12.0. The summed E-state index contributed by atoms with van der Waals surface area (Å²) in [5.74, 6) is 0.850. The lowest BCUT2D eigenvalue weighted by Crippen LogP contribution is -2.45. The summed E-state index contributed by atoms with van der Waals surface area (Å²) in [7, 11) is 2.24. The molecular formula is C12H26N2. The van der Waals surface area contributed by atoms with Crippen molar-refractivity contribution in [2.45, 2.75) is 52.1 Å². The van der Waals surface area contributed by atoms with Crippen molar-refractivity contribution >= 4 is 0 Å². The molecule has 1 aliphatic heterocycles. The second-order valence-electron chi connectivity index (χ2n) is 4.93. The third-order valence-corrected chi connectivity index (χ3v) is 3.53. The molecule has 1 saturated heterocycles. The predicted molar refractivity (Wildman–Crippen MR) is 62.6 cm³/mol. The Labute approximate surface area is 89.1 Å². The van der Waals surface area contributed by atoms with Crippen LogP contribution in [0.3, 0.4) is 0 Å². The summed E-state index contributed by atoms with van der Waals surface area (Å²) in [6.45, 7) is 9.42. The van der Waals surface area contributed by atoms with Gasteiger partial charge in [0.25, 0.3) is 0 Å². The molecule has 1 heterocycles. The van der Waals surface area contributed by atoms with Gasteiger partial charge in [0.05, 0.1) is 0 Å². The van der Waals surface area contributed by atoms with Crippen molar-refractivity contribution in [3.8, 4) is 0 Å². The largest absolute Gasteiger partial charge is 0.311 e. The van der Waals surface area contributed by atoms with E-state index in [0.717, 1.165) is 5.92 Å². The summed E-state index contributed by atoms with van der Waals surface area (Å²) >= 11 is 0. The number of hydrogen-bond donors (Lipinski definition) is 1. The quantitative estimate of drug-likeness (QED) is 0.744. The maximum absolute atomic E-state index is 3.69. The average Bonchev–Trinajstić information content (AvgIpc) is 2.17. The van der Waals surface area contributed by atoms with Crippen LogP contribution in [0.1, 0.15) is 40.0 Å². The zero-order valence-corrected chi connectivity index (χ0v) is 10.2. The molecular weight excluding hydrogens is 172 g/mol. The standard InChI is InChI=1S/C12H26N2/c1-5-10(2)13-11(3)12-7-6-8-14(4)9-12/h10-13H,5-9H2,1-4H3. The molecule has 0 aromatic carbocycles. The van der Waals surface area contributed by atoms with Crippen molar-refractivity contribution in [3.63, 3.8) is 0 Å². The van der Waals surface area contributed by atoms with E-state index in [-0.39, 0.29) is 0 Å². The minimum Gasteiger partial charge on any atom is -0.311 e. The molecule has 1 N–H and O–H groups in total. The zero-order valence-electron chi connectivity index (χ0n) is 10.2. The second kappa shape index (κ2) is 5.72. The summed E-state index contributed by atoms with van der Waals surface area (Å²) < 4.78 is 0. The van der Waals surface area contributed by atoms with Crippen LogP contribution in [0.2, 0.25) is 0 Å². The van der Waals surface area contributed by atoms with E-state index in [9.17, 15) is 0 Å². The number of nitrogens with zero attached hydrogens (tertiary/aromatic N) is 1. The maximum atomic E-state index is 3.69. The summed E-state index contributed by atoms with van der Waals surface area (Å²) in [5.41, 5.74) is 0. The molecule has 0 aliphatic carbocycles. The molecule has 0 spiro atoms. The molecule has 0 bridgehead atoms. The molecule has 84 valence electrons. The number of rotatable bonds is 4. The number of likely N-dealkylation sites (tertiary alicyclic amines) is 1. The highest BCUT2D eigenvalue weighted by Crippen LogP contribution is 2.18. The van der Waals surface area contributed by atoms with Gasteiger partial charge in [-0.2, -0.15) is 0 Å². The van der Waals surface area contributed by atoms with E-state index in [1.54, 1.807) is 0 Å². The molecule has 2 heteroatoms. The van der Waals surface area contributed by atoms with Crippen LogP contribution in [0, 0.1) is 5.92 Å². The first-order valence-electron chi connectivity index (χ1n) is 6.08. The molecule has 0 aromatic rings. The van der Waals surface area contributed by atoms with Gasteiger partial charge in [0.2, 0.25) is 0 Å². The molecule has 3 unspecified atom stereocenters. The van der Waals surface area contributed by atoms with Gasteiger partial charge in [0.1, 0.15) is 0 Å². The Hall–Kier alpha value is -0.0800. The van der Waals surface area contributed by atoms with E-state index in [2.05, 4.69) is 38.0 Å². The van der Waals surface area contributed by atoms with Crippen molar-refractivity contribution in [2.75, 3.05) is 20.1 Å². The summed E-state index contributed by atoms with van der Waals surface area (Å²) in [4.78, 5) is 2.46. The first-order valence-corrected chi connectivity index (χ1v) is 6.08. The van der Waals surface area contributed by atoms with Crippen LogP contribution in [0.4, 0.5) is 0 Å². The summed E-state index contributed by atoms with van der Waals surface area (Å²) in [6.07, 6.45) is 4.00. The van der Waals surface area contributed by atoms with Crippen molar-refractivity contribution in [1.29, 1.82) is 0 Å². The monoisotopic (exact) mass is 198 g/mol. The molecule has 1 aliphatic rings. The average molecular weight is 198 g/mol. The van der Waals surface area contributed by atoms with Gasteiger partial charge in [-0.1, -0.05) is 6.92 Å². The van der Waals surface area contributed by atoms with Gasteiger partial charge in [-0.3, -0.25) is 0 Å². The SMILES string of the molecule is CCC(C)NC(C)C1CCCN(C)C1. The van der Waals surface area contributed by atoms with Crippen molar-refractivity contribution in [2.24, 2.45) is 5.92 Å². The minimum absolute atomic E-state index is 0.664. The van der Waals surface area contributed by atoms with Crippen molar-refractivity contribution < 1.29 is 0 Å². The maximum Gasteiger partial charge on any atom is 0.00816 e. The lowest BCUT2D eigenvalue weighted by Gasteiger charge is -2.35. The van der Waals surface area contributed by atoms with Crippen molar-refractivity contribution in [1.82, 2.24) is 10.2 Å². The molecule has 1 rings (SSSR count). The van der Waals surface area contributed by atoms with Gasteiger partial charge in [-0.15, -0.1) is 0 Å². The molecule has 1 fully saturated rings. The van der Waals surface area contributed by atoms with Gasteiger partial charge in [-0.05, 0) is 52.6 Å². The summed E-state index contributed by atoms with van der Waals surface area (Å²) in [6, 6.07) is 1.34. The second-order valence-corrected chi connectivity index (χ2v) is 4.93. The van der Waals surface area contributed by atoms with E-state index in [1.165, 1.54) is 32.4 Å². The Kier molecular flexibility index (Phi) is 4.90. The fourth-order valence-electron chi connectivity index (χ4n) is 2.32. The van der Waals surface area contributed by atoms with Crippen LogP contribution in [0.5, 0.6) is 0 Å². The highest BCUT2D eigenvalue weighted by Gasteiger charge is 2.22. The van der Waals surface area contributed by atoms with Crippen LogP contribution >= 0.6 is 0 Å². The lowest BCUT2D eigenvalue weighted by atomic mass is 9.91. The third kappa shape index (κ3) is 3.58. The normalized spacial score (nSPS) is 28.7. The van der Waals surface area contributed by atoms with E-state index < -0.39 is 0 Å². The molecule has 14 heavy (non-hydrogen) atoms. The Bertz CT molecular complexity index is 158. The van der Waals surface area contributed by atoms with Gasteiger partial charge in [0, 0.05) is 18.6 Å². The molecule has 3 atom stereocenters. The minimum atomic E-state index is 0.664. The van der Waals surface area contributed by atoms with Crippen LogP contribution in [-0.2, 0) is 0 Å². The Morgan fingerprint density at radius 3 is 2.71 bits per heavy atom. The number of nitrogens with one attached hydrogen (secondary N) is 1. The van der Waals surface area contributed by atoms with Crippen LogP contribution in [0.25, 0.3) is 0 Å². The molecule has 0 aromatic heterocycles. The van der Waals surface area contributed by atoms with Gasteiger partial charge in [0.15, 0.2) is 0 Å². The van der Waals surface area contributed by atoms with Crippen LogP contribution in [0.15, 0.2) is 0 Å². The van der Waals surface area contributed by atoms with E-state index in [0.29, 0.717) is 12.1 Å². The molecule has 0 radical (unpaired) electrons. The Balaban J connectivity index is 2.31. The predicted octanol–water partition coefficient (Wildman–Crippen LogP) is 2.10.